The average molecular weight is 290 g/mol. The maximum absolute atomic E-state index is 12.0. The number of anilines is 2. The molecule has 0 spiro atoms. The highest BCUT2D eigenvalue weighted by molar-refractivity contribution is 5.96. The summed E-state index contributed by atoms with van der Waals surface area (Å²) in [5.41, 5.74) is 1.33. The van der Waals surface area contributed by atoms with Crippen LogP contribution in [0.5, 0.6) is 5.75 Å². The first-order chi connectivity index (χ1) is 9.76. The van der Waals surface area contributed by atoms with E-state index in [4.69, 9.17) is 4.74 Å². The molecule has 1 aliphatic rings. The van der Waals surface area contributed by atoms with Gasteiger partial charge < -0.3 is 15.0 Å². The van der Waals surface area contributed by atoms with Crippen LogP contribution in [0.2, 0.25) is 0 Å². The molecule has 0 saturated heterocycles. The lowest BCUT2D eigenvalue weighted by Gasteiger charge is -2.29. The highest BCUT2D eigenvalue weighted by Gasteiger charge is 2.22. The summed E-state index contributed by atoms with van der Waals surface area (Å²) >= 11 is 0. The van der Waals surface area contributed by atoms with Crippen LogP contribution in [-0.4, -0.2) is 25.0 Å². The number of rotatable bonds is 2. The molecule has 1 aromatic rings. The minimum Gasteiger partial charge on any atom is -0.490 e. The number of hydrogen-bond acceptors (Lipinski definition) is 3. The molecule has 0 fully saturated rings. The van der Waals surface area contributed by atoms with E-state index in [1.807, 2.05) is 20.8 Å². The molecular weight excluding hydrogens is 268 g/mol. The molecule has 5 nitrogen and oxygen atoms in total. The van der Waals surface area contributed by atoms with Gasteiger partial charge in [0, 0.05) is 19.0 Å². The highest BCUT2D eigenvalue weighted by atomic mass is 16.5. The Hall–Kier alpha value is -2.04. The van der Waals surface area contributed by atoms with Crippen molar-refractivity contribution >= 4 is 23.2 Å². The van der Waals surface area contributed by atoms with Gasteiger partial charge in [-0.2, -0.15) is 0 Å². The summed E-state index contributed by atoms with van der Waals surface area (Å²) in [7, 11) is 0. The number of benzene rings is 1. The van der Waals surface area contributed by atoms with E-state index in [9.17, 15) is 9.59 Å². The molecule has 0 saturated carbocycles. The van der Waals surface area contributed by atoms with Crippen LogP contribution in [0.15, 0.2) is 18.2 Å². The molecule has 1 heterocycles. The van der Waals surface area contributed by atoms with Gasteiger partial charge in [-0.05, 0) is 23.6 Å². The lowest BCUT2D eigenvalue weighted by atomic mass is 9.92. The van der Waals surface area contributed by atoms with Crippen LogP contribution >= 0.6 is 0 Å². The van der Waals surface area contributed by atoms with Crippen LogP contribution in [0, 0.1) is 5.41 Å². The van der Waals surface area contributed by atoms with Crippen molar-refractivity contribution in [3.05, 3.63) is 18.2 Å². The summed E-state index contributed by atoms with van der Waals surface area (Å²) in [5.74, 6) is 0.608. The van der Waals surface area contributed by atoms with Gasteiger partial charge in [-0.25, -0.2) is 0 Å². The molecule has 0 atom stereocenters. The molecule has 5 heteroatoms. The van der Waals surface area contributed by atoms with Crippen LogP contribution in [0.25, 0.3) is 0 Å². The fourth-order valence-corrected chi connectivity index (χ4v) is 2.31. The monoisotopic (exact) mass is 290 g/mol. The fraction of sp³-hybridized carbons (Fsp3) is 0.500. The van der Waals surface area contributed by atoms with Gasteiger partial charge in [-0.15, -0.1) is 0 Å². The van der Waals surface area contributed by atoms with E-state index < -0.39 is 0 Å². The first-order valence-electron chi connectivity index (χ1n) is 7.11. The third kappa shape index (κ3) is 3.97. The normalized spacial score (nSPS) is 14.2. The van der Waals surface area contributed by atoms with Crippen molar-refractivity contribution in [2.45, 2.75) is 34.1 Å². The van der Waals surface area contributed by atoms with Crippen molar-refractivity contribution in [2.24, 2.45) is 5.41 Å². The van der Waals surface area contributed by atoms with Crippen molar-refractivity contribution in [1.29, 1.82) is 0 Å². The SMILES string of the molecule is CC(=O)N1CCOc2ccc(NC(=O)CC(C)(C)C)cc21. The molecule has 2 rings (SSSR count). The highest BCUT2D eigenvalue weighted by Crippen LogP contribution is 2.34. The second kappa shape index (κ2) is 5.76. The van der Waals surface area contributed by atoms with E-state index in [1.165, 1.54) is 6.92 Å². The van der Waals surface area contributed by atoms with Gasteiger partial charge in [0.15, 0.2) is 0 Å². The number of carbonyl (C=O) groups is 2. The lowest BCUT2D eigenvalue weighted by molar-refractivity contribution is -0.118. The molecule has 2 amide bonds. The van der Waals surface area contributed by atoms with E-state index >= 15 is 0 Å². The predicted molar refractivity (Wildman–Crippen MR) is 82.7 cm³/mol. The largest absolute Gasteiger partial charge is 0.490 e. The molecular formula is C16H22N2O3. The Morgan fingerprint density at radius 3 is 2.67 bits per heavy atom. The summed E-state index contributed by atoms with van der Waals surface area (Å²) in [4.78, 5) is 25.3. The van der Waals surface area contributed by atoms with Crippen molar-refractivity contribution in [1.82, 2.24) is 0 Å². The molecule has 114 valence electrons. The number of fused-ring (bicyclic) bond motifs is 1. The van der Waals surface area contributed by atoms with E-state index in [2.05, 4.69) is 5.32 Å². The van der Waals surface area contributed by atoms with Crippen LogP contribution in [0.4, 0.5) is 11.4 Å². The maximum Gasteiger partial charge on any atom is 0.224 e. The molecule has 21 heavy (non-hydrogen) atoms. The van der Waals surface area contributed by atoms with Gasteiger partial charge in [0.2, 0.25) is 11.8 Å². The van der Waals surface area contributed by atoms with Gasteiger partial charge in [0.25, 0.3) is 0 Å². The van der Waals surface area contributed by atoms with Crippen molar-refractivity contribution in [3.8, 4) is 5.75 Å². The summed E-state index contributed by atoms with van der Waals surface area (Å²) in [5, 5.41) is 2.88. The second-order valence-electron chi connectivity index (χ2n) is 6.49. The third-order valence-corrected chi connectivity index (χ3v) is 3.18. The number of amides is 2. The average Bonchev–Trinajstić information content (AvgIpc) is 2.35. The lowest BCUT2D eigenvalue weighted by Crippen LogP contribution is -2.36. The zero-order valence-corrected chi connectivity index (χ0v) is 13.0. The summed E-state index contributed by atoms with van der Waals surface area (Å²) in [6, 6.07) is 5.37. The number of ether oxygens (including phenoxy) is 1. The van der Waals surface area contributed by atoms with E-state index in [0.717, 1.165) is 0 Å². The van der Waals surface area contributed by atoms with E-state index in [1.54, 1.807) is 23.1 Å². The molecule has 0 radical (unpaired) electrons. The first kappa shape index (κ1) is 15.4. The Bertz CT molecular complexity index is 561. The Morgan fingerprint density at radius 2 is 2.05 bits per heavy atom. The topological polar surface area (TPSA) is 58.6 Å². The zero-order valence-electron chi connectivity index (χ0n) is 13.0. The molecule has 1 N–H and O–H groups in total. The molecule has 0 unspecified atom stereocenters. The summed E-state index contributed by atoms with van der Waals surface area (Å²) < 4.78 is 5.54. The van der Waals surface area contributed by atoms with Crippen LogP contribution in [-0.2, 0) is 9.59 Å². The maximum atomic E-state index is 12.0. The minimum atomic E-state index is -0.0627. The number of nitrogens with one attached hydrogen (secondary N) is 1. The van der Waals surface area contributed by atoms with Crippen molar-refractivity contribution in [2.75, 3.05) is 23.4 Å². The molecule has 0 bridgehead atoms. The van der Waals surface area contributed by atoms with Crippen molar-refractivity contribution < 1.29 is 14.3 Å². The Balaban J connectivity index is 2.18. The molecule has 1 aromatic carbocycles. The quantitative estimate of drug-likeness (QED) is 0.911. The Morgan fingerprint density at radius 1 is 1.33 bits per heavy atom. The van der Waals surface area contributed by atoms with Crippen LogP contribution in [0.1, 0.15) is 34.1 Å². The summed E-state index contributed by atoms with van der Waals surface area (Å²) in [6.45, 7) is 8.60. The number of nitrogens with zero attached hydrogens (tertiary/aromatic N) is 1. The molecule has 0 aromatic heterocycles. The van der Waals surface area contributed by atoms with Gasteiger partial charge in [0.1, 0.15) is 12.4 Å². The van der Waals surface area contributed by atoms with Gasteiger partial charge in [-0.3, -0.25) is 9.59 Å². The van der Waals surface area contributed by atoms with Gasteiger partial charge >= 0.3 is 0 Å². The van der Waals surface area contributed by atoms with Gasteiger partial charge in [-0.1, -0.05) is 20.8 Å². The Labute approximate surface area is 125 Å². The van der Waals surface area contributed by atoms with Crippen molar-refractivity contribution in [3.63, 3.8) is 0 Å². The second-order valence-corrected chi connectivity index (χ2v) is 6.49. The van der Waals surface area contributed by atoms with E-state index in [-0.39, 0.29) is 17.2 Å². The number of hydrogen-bond donors (Lipinski definition) is 1. The minimum absolute atomic E-state index is 0.0299. The smallest absolute Gasteiger partial charge is 0.224 e. The van der Waals surface area contributed by atoms with Crippen LogP contribution in [0.3, 0.4) is 0 Å². The number of carbonyl (C=O) groups excluding carboxylic acids is 2. The van der Waals surface area contributed by atoms with Crippen LogP contribution < -0.4 is 15.0 Å². The fourth-order valence-electron chi connectivity index (χ4n) is 2.31. The first-order valence-corrected chi connectivity index (χ1v) is 7.11. The molecule has 0 aliphatic carbocycles. The van der Waals surface area contributed by atoms with Gasteiger partial charge in [0.05, 0.1) is 12.2 Å². The predicted octanol–water partition coefficient (Wildman–Crippen LogP) is 2.81. The third-order valence-electron chi connectivity index (χ3n) is 3.18. The Kier molecular flexibility index (Phi) is 4.21. The zero-order chi connectivity index (χ0) is 15.6. The summed E-state index contributed by atoms with van der Waals surface area (Å²) in [6.07, 6.45) is 0.441. The molecule has 1 aliphatic heterocycles. The van der Waals surface area contributed by atoms with E-state index in [0.29, 0.717) is 36.7 Å². The standard InChI is InChI=1S/C16H22N2O3/c1-11(19)18-7-8-21-14-6-5-12(9-13(14)18)17-15(20)10-16(2,3)4/h5-6,9H,7-8,10H2,1-4H3,(H,17,20).